The molecule has 26 heavy (non-hydrogen) atoms. The number of aryl methyl sites for hydroxylation is 1. The van der Waals surface area contributed by atoms with Crippen LogP contribution in [0.5, 0.6) is 0 Å². The van der Waals surface area contributed by atoms with Crippen LogP contribution in [-0.4, -0.2) is 27.1 Å². The number of carbonyl (C=O) groups is 1. The second-order valence-corrected chi connectivity index (χ2v) is 9.05. The quantitative estimate of drug-likeness (QED) is 0.771. The molecule has 0 amide bonds. The fourth-order valence-corrected chi connectivity index (χ4v) is 5.54. The summed E-state index contributed by atoms with van der Waals surface area (Å²) in [6.07, 6.45) is 7.05. The normalized spacial score (nSPS) is 25.8. The predicted octanol–water partition coefficient (Wildman–Crippen LogP) is 3.10. The molecule has 2 aromatic rings. The highest BCUT2D eigenvalue weighted by Gasteiger charge is 2.25. The van der Waals surface area contributed by atoms with Gasteiger partial charge in [0.05, 0.1) is 5.39 Å². The van der Waals surface area contributed by atoms with Crippen molar-refractivity contribution < 1.29 is 9.53 Å². The number of fused-ring (bicyclic) bond motifs is 3. The van der Waals surface area contributed by atoms with E-state index < -0.39 is 5.97 Å². The number of carbonyl (C=O) groups excluding carboxylic acids is 1. The van der Waals surface area contributed by atoms with Crippen molar-refractivity contribution in [1.82, 2.24) is 15.0 Å². The van der Waals surface area contributed by atoms with Crippen molar-refractivity contribution in [3.8, 4) is 0 Å². The van der Waals surface area contributed by atoms with Gasteiger partial charge in [-0.2, -0.15) is 4.68 Å². The molecule has 1 saturated carbocycles. The maximum Gasteiger partial charge on any atom is 0.328 e. The average molecular weight is 375 g/mol. The van der Waals surface area contributed by atoms with Gasteiger partial charge in [0.2, 0.25) is 0 Å². The molecule has 0 aliphatic heterocycles. The molecular formula is C19H25N3O3S. The van der Waals surface area contributed by atoms with Crippen LogP contribution in [0.2, 0.25) is 0 Å². The minimum Gasteiger partial charge on any atom is -0.461 e. The van der Waals surface area contributed by atoms with E-state index in [4.69, 9.17) is 4.74 Å². The van der Waals surface area contributed by atoms with Crippen LogP contribution in [0.4, 0.5) is 0 Å². The Morgan fingerprint density at radius 2 is 2.12 bits per heavy atom. The summed E-state index contributed by atoms with van der Waals surface area (Å²) < 4.78 is 6.75. The number of thiophene rings is 1. The molecule has 2 heterocycles. The van der Waals surface area contributed by atoms with Gasteiger partial charge in [-0.1, -0.05) is 25.5 Å². The molecule has 0 spiro atoms. The Kier molecular flexibility index (Phi) is 4.82. The zero-order valence-corrected chi connectivity index (χ0v) is 16.2. The van der Waals surface area contributed by atoms with Crippen LogP contribution in [0.1, 0.15) is 56.4 Å². The smallest absolute Gasteiger partial charge is 0.328 e. The lowest BCUT2D eigenvalue weighted by atomic mass is 9.89. The molecule has 6 nitrogen and oxygen atoms in total. The van der Waals surface area contributed by atoms with E-state index in [9.17, 15) is 9.59 Å². The SMILES string of the molecule is C[C@@H]1CCc2c(sc3nnn(CC(=O)O[C@H]4CCC[C@H](C)C4)c(=O)c23)C1. The summed E-state index contributed by atoms with van der Waals surface area (Å²) in [5.74, 6) is 0.830. The minimum absolute atomic E-state index is 0.0333. The molecule has 4 rings (SSSR count). The summed E-state index contributed by atoms with van der Waals surface area (Å²) in [6, 6.07) is 0. The van der Waals surface area contributed by atoms with E-state index in [1.165, 1.54) is 16.0 Å². The third-order valence-electron chi connectivity index (χ3n) is 5.65. The number of esters is 1. The van der Waals surface area contributed by atoms with Gasteiger partial charge in [0.15, 0.2) is 4.83 Å². The lowest BCUT2D eigenvalue weighted by Gasteiger charge is -2.26. The maximum absolute atomic E-state index is 12.9. The van der Waals surface area contributed by atoms with Crippen LogP contribution in [0.3, 0.4) is 0 Å². The zero-order valence-electron chi connectivity index (χ0n) is 15.4. The van der Waals surface area contributed by atoms with E-state index in [0.717, 1.165) is 44.1 Å². The van der Waals surface area contributed by atoms with Crippen LogP contribution in [-0.2, 0) is 28.9 Å². The van der Waals surface area contributed by atoms with Gasteiger partial charge < -0.3 is 4.74 Å². The number of aromatic nitrogens is 3. The number of hydrogen-bond acceptors (Lipinski definition) is 6. The van der Waals surface area contributed by atoms with E-state index in [2.05, 4.69) is 24.2 Å². The van der Waals surface area contributed by atoms with E-state index in [1.807, 2.05) is 0 Å². The summed E-state index contributed by atoms with van der Waals surface area (Å²) >= 11 is 1.57. The first-order valence-electron chi connectivity index (χ1n) is 9.58. The summed E-state index contributed by atoms with van der Waals surface area (Å²) in [4.78, 5) is 27.1. The Morgan fingerprint density at radius 1 is 1.27 bits per heavy atom. The average Bonchev–Trinajstić information content (AvgIpc) is 2.95. The van der Waals surface area contributed by atoms with Crippen molar-refractivity contribution in [1.29, 1.82) is 0 Å². The minimum atomic E-state index is -0.391. The number of hydrogen-bond donors (Lipinski definition) is 0. The molecule has 2 aliphatic rings. The summed E-state index contributed by atoms with van der Waals surface area (Å²) in [5, 5.41) is 8.85. The van der Waals surface area contributed by atoms with Gasteiger partial charge in [-0.3, -0.25) is 9.59 Å². The topological polar surface area (TPSA) is 74.1 Å². The fraction of sp³-hybridized carbons (Fsp3) is 0.684. The first kappa shape index (κ1) is 17.6. The third-order valence-corrected chi connectivity index (χ3v) is 6.79. The Balaban J connectivity index is 1.54. The molecule has 7 heteroatoms. The lowest BCUT2D eigenvalue weighted by molar-refractivity contribution is -0.152. The van der Waals surface area contributed by atoms with Gasteiger partial charge in [0, 0.05) is 4.88 Å². The summed E-state index contributed by atoms with van der Waals surface area (Å²) in [6.45, 7) is 4.26. The molecule has 0 radical (unpaired) electrons. The van der Waals surface area contributed by atoms with Crippen LogP contribution in [0, 0.1) is 11.8 Å². The molecule has 0 bridgehead atoms. The molecule has 0 saturated heterocycles. The first-order chi connectivity index (χ1) is 12.5. The lowest BCUT2D eigenvalue weighted by Crippen LogP contribution is -2.32. The molecule has 3 atom stereocenters. The molecule has 0 aromatic carbocycles. The molecule has 1 fully saturated rings. The molecular weight excluding hydrogens is 350 g/mol. The van der Waals surface area contributed by atoms with Crippen LogP contribution >= 0.6 is 11.3 Å². The van der Waals surface area contributed by atoms with Gasteiger partial charge in [0.1, 0.15) is 12.6 Å². The molecule has 2 aromatic heterocycles. The van der Waals surface area contributed by atoms with Gasteiger partial charge in [-0.05, 0) is 55.9 Å². The number of nitrogens with zero attached hydrogens (tertiary/aromatic N) is 3. The highest BCUT2D eigenvalue weighted by atomic mass is 32.1. The molecule has 0 N–H and O–H groups in total. The van der Waals surface area contributed by atoms with Crippen molar-refractivity contribution >= 4 is 27.5 Å². The molecule has 0 unspecified atom stereocenters. The third kappa shape index (κ3) is 3.41. The number of rotatable bonds is 3. The second kappa shape index (κ2) is 7.10. The zero-order chi connectivity index (χ0) is 18.3. The predicted molar refractivity (Wildman–Crippen MR) is 100 cm³/mol. The van der Waals surface area contributed by atoms with E-state index in [1.54, 1.807) is 11.3 Å². The second-order valence-electron chi connectivity index (χ2n) is 7.97. The molecule has 2 aliphatic carbocycles. The van der Waals surface area contributed by atoms with Crippen molar-refractivity contribution in [2.45, 2.75) is 71.4 Å². The summed E-state index contributed by atoms with van der Waals surface area (Å²) in [7, 11) is 0. The van der Waals surface area contributed by atoms with E-state index >= 15 is 0 Å². The van der Waals surface area contributed by atoms with E-state index in [-0.39, 0.29) is 18.2 Å². The standard InChI is InChI=1S/C19H25N3O3S/c1-11-4-3-5-13(8-11)25-16(23)10-22-19(24)17-14-7-6-12(2)9-15(14)26-18(17)20-21-22/h11-13H,3-10H2,1-2H3/t11-,12+,13-/m0/s1. The summed E-state index contributed by atoms with van der Waals surface area (Å²) in [5.41, 5.74) is 0.905. The fourth-order valence-electron chi connectivity index (χ4n) is 4.23. The highest BCUT2D eigenvalue weighted by Crippen LogP contribution is 2.35. The van der Waals surface area contributed by atoms with Crippen LogP contribution in [0.25, 0.3) is 10.2 Å². The van der Waals surface area contributed by atoms with E-state index in [0.29, 0.717) is 22.1 Å². The highest BCUT2D eigenvalue weighted by molar-refractivity contribution is 7.18. The van der Waals surface area contributed by atoms with Crippen molar-refractivity contribution in [2.75, 3.05) is 0 Å². The Labute approximate surface area is 156 Å². The monoisotopic (exact) mass is 375 g/mol. The molecule has 140 valence electrons. The Morgan fingerprint density at radius 3 is 2.92 bits per heavy atom. The van der Waals surface area contributed by atoms with Gasteiger partial charge in [-0.15, -0.1) is 16.4 Å². The van der Waals surface area contributed by atoms with Crippen molar-refractivity contribution in [3.63, 3.8) is 0 Å². The van der Waals surface area contributed by atoms with Gasteiger partial charge in [0.25, 0.3) is 5.56 Å². The van der Waals surface area contributed by atoms with Crippen LogP contribution in [0.15, 0.2) is 4.79 Å². The number of ether oxygens (including phenoxy) is 1. The van der Waals surface area contributed by atoms with Gasteiger partial charge >= 0.3 is 5.97 Å². The Hall–Kier alpha value is -1.76. The largest absolute Gasteiger partial charge is 0.461 e. The maximum atomic E-state index is 12.9. The van der Waals surface area contributed by atoms with Crippen molar-refractivity contribution in [2.24, 2.45) is 11.8 Å². The van der Waals surface area contributed by atoms with Gasteiger partial charge in [-0.25, -0.2) is 0 Å². The first-order valence-corrected chi connectivity index (χ1v) is 10.4. The van der Waals surface area contributed by atoms with Crippen molar-refractivity contribution in [3.05, 3.63) is 20.8 Å². The van der Waals surface area contributed by atoms with Crippen LogP contribution < -0.4 is 5.56 Å². The Bertz CT molecular complexity index is 888.